The number of aryl methyl sites for hydroxylation is 1. The molecule has 19 heavy (non-hydrogen) atoms. The van der Waals surface area contributed by atoms with Gasteiger partial charge in [-0.25, -0.2) is 9.69 Å². The molecule has 4 heteroatoms. The molecular weight excluding hydrogens is 262 g/mol. The molecule has 3 nitrogen and oxygen atoms in total. The number of rotatable bonds is 2. The number of carbonyl (C=O) groups excluding carboxylic acids is 1. The van der Waals surface area contributed by atoms with E-state index < -0.39 is 6.09 Å². The Hall–Kier alpha value is -2.00. The Morgan fingerprint density at radius 1 is 1.21 bits per heavy atom. The SMILES string of the molecule is [CH2]OC(=O)N(c1ccccc1)c1ccc(C)cc1Cl. The third-order valence-corrected chi connectivity index (χ3v) is 2.97. The molecule has 0 unspecified atom stereocenters. The smallest absolute Gasteiger partial charge is 0.419 e. The standard InChI is InChI=1S/C15H13ClNO2/c1-11-8-9-14(13(16)10-11)17(15(18)19-2)12-6-4-3-5-7-12/h3-10H,2H2,1H3. The van der Waals surface area contributed by atoms with Crippen LogP contribution >= 0.6 is 11.6 Å². The molecule has 0 aliphatic rings. The fourth-order valence-electron chi connectivity index (χ4n) is 1.78. The number of benzene rings is 2. The van der Waals surface area contributed by atoms with Crippen LogP contribution in [0.15, 0.2) is 48.5 Å². The summed E-state index contributed by atoms with van der Waals surface area (Å²) in [4.78, 5) is 13.3. The first-order chi connectivity index (χ1) is 9.13. The Balaban J connectivity index is 2.52. The lowest BCUT2D eigenvalue weighted by Gasteiger charge is -2.22. The molecule has 0 saturated heterocycles. The summed E-state index contributed by atoms with van der Waals surface area (Å²) in [5, 5.41) is 0.481. The van der Waals surface area contributed by atoms with Crippen LogP contribution in [0, 0.1) is 14.0 Å². The molecule has 2 aromatic rings. The second-order valence-corrected chi connectivity index (χ2v) is 4.44. The van der Waals surface area contributed by atoms with Gasteiger partial charge in [0.25, 0.3) is 0 Å². The minimum atomic E-state index is -0.586. The van der Waals surface area contributed by atoms with Crippen molar-refractivity contribution in [2.45, 2.75) is 6.92 Å². The Bertz CT molecular complexity index is 584. The first kappa shape index (κ1) is 13.4. The van der Waals surface area contributed by atoms with Crippen molar-refractivity contribution in [2.75, 3.05) is 4.90 Å². The number of para-hydroxylation sites is 1. The van der Waals surface area contributed by atoms with Gasteiger partial charge in [-0.3, -0.25) is 0 Å². The second kappa shape index (κ2) is 5.76. The molecule has 0 saturated carbocycles. The van der Waals surface area contributed by atoms with Crippen LogP contribution in [0.2, 0.25) is 5.02 Å². The monoisotopic (exact) mass is 274 g/mol. The average Bonchev–Trinajstić information content (AvgIpc) is 2.42. The lowest BCUT2D eigenvalue weighted by Crippen LogP contribution is -2.25. The number of halogens is 1. The fraction of sp³-hybridized carbons (Fsp3) is 0.0667. The van der Waals surface area contributed by atoms with Crippen LogP contribution in [-0.2, 0) is 4.74 Å². The third kappa shape index (κ3) is 2.88. The minimum absolute atomic E-state index is 0.481. The Morgan fingerprint density at radius 3 is 2.47 bits per heavy atom. The van der Waals surface area contributed by atoms with Crippen molar-refractivity contribution in [1.29, 1.82) is 0 Å². The van der Waals surface area contributed by atoms with Gasteiger partial charge in [0.05, 0.1) is 16.4 Å². The predicted octanol–water partition coefficient (Wildman–Crippen LogP) is 4.71. The van der Waals surface area contributed by atoms with Crippen molar-refractivity contribution in [1.82, 2.24) is 0 Å². The highest BCUT2D eigenvalue weighted by molar-refractivity contribution is 6.34. The Morgan fingerprint density at radius 2 is 1.89 bits per heavy atom. The van der Waals surface area contributed by atoms with Crippen LogP contribution in [0.4, 0.5) is 16.2 Å². The zero-order chi connectivity index (χ0) is 13.8. The largest absolute Gasteiger partial charge is 0.445 e. The van der Waals surface area contributed by atoms with Crippen molar-refractivity contribution in [3.8, 4) is 0 Å². The Labute approximate surface area is 117 Å². The number of hydrogen-bond acceptors (Lipinski definition) is 2. The maximum absolute atomic E-state index is 11.9. The van der Waals surface area contributed by atoms with Crippen LogP contribution in [0.1, 0.15) is 5.56 Å². The molecule has 1 radical (unpaired) electrons. The summed E-state index contributed by atoms with van der Waals surface area (Å²) in [7, 11) is 3.17. The fourth-order valence-corrected chi connectivity index (χ4v) is 2.10. The number of carbonyl (C=O) groups is 1. The van der Waals surface area contributed by atoms with Crippen molar-refractivity contribution < 1.29 is 9.53 Å². The van der Waals surface area contributed by atoms with E-state index in [9.17, 15) is 4.79 Å². The topological polar surface area (TPSA) is 29.5 Å². The van der Waals surface area contributed by atoms with Crippen LogP contribution in [0.5, 0.6) is 0 Å². The summed E-state index contributed by atoms with van der Waals surface area (Å²) < 4.78 is 4.58. The molecule has 2 aromatic carbocycles. The Kier molecular flexibility index (Phi) is 4.07. The summed E-state index contributed by atoms with van der Waals surface area (Å²) in [5.74, 6) is 0. The zero-order valence-corrected chi connectivity index (χ0v) is 11.2. The second-order valence-electron chi connectivity index (χ2n) is 4.04. The third-order valence-electron chi connectivity index (χ3n) is 2.66. The van der Waals surface area contributed by atoms with Crippen LogP contribution in [-0.4, -0.2) is 6.09 Å². The van der Waals surface area contributed by atoms with Gasteiger partial charge in [-0.15, -0.1) is 0 Å². The van der Waals surface area contributed by atoms with Crippen LogP contribution < -0.4 is 4.90 Å². The van der Waals surface area contributed by atoms with E-state index in [-0.39, 0.29) is 0 Å². The summed E-state index contributed by atoms with van der Waals surface area (Å²) in [6.45, 7) is 1.93. The van der Waals surface area contributed by atoms with Crippen molar-refractivity contribution in [2.24, 2.45) is 0 Å². The summed E-state index contributed by atoms with van der Waals surface area (Å²) in [5.41, 5.74) is 2.25. The van der Waals surface area contributed by atoms with E-state index in [1.54, 1.807) is 24.3 Å². The van der Waals surface area contributed by atoms with Gasteiger partial charge in [0, 0.05) is 0 Å². The van der Waals surface area contributed by atoms with Gasteiger partial charge in [0.1, 0.15) is 7.11 Å². The van der Waals surface area contributed by atoms with Crippen molar-refractivity contribution >= 4 is 29.1 Å². The highest BCUT2D eigenvalue weighted by Crippen LogP contribution is 2.33. The van der Waals surface area contributed by atoms with Gasteiger partial charge in [-0.05, 0) is 36.8 Å². The predicted molar refractivity (Wildman–Crippen MR) is 76.6 cm³/mol. The molecule has 0 bridgehead atoms. The van der Waals surface area contributed by atoms with Crippen LogP contribution in [0.3, 0.4) is 0 Å². The quantitative estimate of drug-likeness (QED) is 0.793. The first-order valence-corrected chi connectivity index (χ1v) is 6.08. The molecule has 0 aromatic heterocycles. The van der Waals surface area contributed by atoms with Gasteiger partial charge in [0.2, 0.25) is 0 Å². The maximum atomic E-state index is 11.9. The molecule has 0 aliphatic heterocycles. The van der Waals surface area contributed by atoms with E-state index in [2.05, 4.69) is 11.8 Å². The number of amides is 1. The highest BCUT2D eigenvalue weighted by atomic mass is 35.5. The maximum Gasteiger partial charge on any atom is 0.419 e. The van der Waals surface area contributed by atoms with E-state index >= 15 is 0 Å². The molecular formula is C15H13ClNO2. The van der Waals surface area contributed by atoms with Gasteiger partial charge < -0.3 is 4.74 Å². The summed E-state index contributed by atoms with van der Waals surface area (Å²) in [6.07, 6.45) is -0.586. The zero-order valence-electron chi connectivity index (χ0n) is 10.5. The average molecular weight is 275 g/mol. The van der Waals surface area contributed by atoms with E-state index in [1.165, 1.54) is 4.90 Å². The summed E-state index contributed by atoms with van der Waals surface area (Å²) >= 11 is 6.21. The van der Waals surface area contributed by atoms with E-state index in [4.69, 9.17) is 11.6 Å². The lowest BCUT2D eigenvalue weighted by atomic mass is 10.2. The highest BCUT2D eigenvalue weighted by Gasteiger charge is 2.20. The van der Waals surface area contributed by atoms with Gasteiger partial charge in [-0.2, -0.15) is 0 Å². The molecule has 0 atom stereocenters. The normalized spacial score (nSPS) is 10.1. The number of anilines is 2. The first-order valence-electron chi connectivity index (χ1n) is 5.71. The van der Waals surface area contributed by atoms with Gasteiger partial charge in [-0.1, -0.05) is 35.9 Å². The molecule has 0 aliphatic carbocycles. The molecule has 0 heterocycles. The lowest BCUT2D eigenvalue weighted by molar-refractivity contribution is 0.194. The molecule has 0 fully saturated rings. The number of hydrogen-bond donors (Lipinski definition) is 0. The number of nitrogens with zero attached hydrogens (tertiary/aromatic N) is 1. The van der Waals surface area contributed by atoms with E-state index in [0.29, 0.717) is 16.4 Å². The molecule has 0 spiro atoms. The molecule has 2 rings (SSSR count). The van der Waals surface area contributed by atoms with Gasteiger partial charge in [0.15, 0.2) is 0 Å². The van der Waals surface area contributed by atoms with Crippen molar-refractivity contribution in [3.63, 3.8) is 0 Å². The molecule has 1 amide bonds. The van der Waals surface area contributed by atoms with Crippen molar-refractivity contribution in [3.05, 3.63) is 66.2 Å². The number of ether oxygens (including phenoxy) is 1. The summed E-state index contributed by atoms with van der Waals surface area (Å²) in [6, 6.07) is 14.6. The molecule has 0 N–H and O–H groups in total. The van der Waals surface area contributed by atoms with Crippen LogP contribution in [0.25, 0.3) is 0 Å². The van der Waals surface area contributed by atoms with E-state index in [1.807, 2.05) is 31.2 Å². The molecule has 97 valence electrons. The minimum Gasteiger partial charge on any atom is -0.445 e. The van der Waals surface area contributed by atoms with E-state index in [0.717, 1.165) is 5.56 Å². The van der Waals surface area contributed by atoms with Gasteiger partial charge >= 0.3 is 6.09 Å².